The van der Waals surface area contributed by atoms with Gasteiger partial charge in [-0.15, -0.1) is 0 Å². The molecule has 1 aromatic heterocycles. The Balaban J connectivity index is 1.23. The molecule has 2 aliphatic heterocycles. The van der Waals surface area contributed by atoms with E-state index in [1.54, 1.807) is 11.1 Å². The molecule has 6 rings (SSSR count). The van der Waals surface area contributed by atoms with Gasteiger partial charge in [0.1, 0.15) is 12.4 Å². The van der Waals surface area contributed by atoms with E-state index in [-0.39, 0.29) is 53.8 Å². The Morgan fingerprint density at radius 2 is 1.78 bits per heavy atom. The highest BCUT2D eigenvalue weighted by Crippen LogP contribution is 2.49. The SMILES string of the molecule is CCC1(C(=O)N(CC(=O)Nc2ccc3c(c2)C2C(=O)Nc4ncccc4[C@@H](C)[C@H]2C3)Cc2ccccc2CNC)CCN(C(=O)C(C)C)CC1. The number of piperidine rings is 1. The van der Waals surface area contributed by atoms with Gasteiger partial charge < -0.3 is 25.8 Å². The smallest absolute Gasteiger partial charge is 0.244 e. The van der Waals surface area contributed by atoms with Gasteiger partial charge in [0.05, 0.1) is 11.3 Å². The third kappa shape index (κ3) is 6.90. The summed E-state index contributed by atoms with van der Waals surface area (Å²) in [6.45, 7) is 9.85. The van der Waals surface area contributed by atoms with E-state index in [4.69, 9.17) is 0 Å². The maximum Gasteiger partial charge on any atom is 0.244 e. The molecule has 1 aliphatic carbocycles. The number of likely N-dealkylation sites (tertiary alicyclic amines) is 1. The summed E-state index contributed by atoms with van der Waals surface area (Å²) in [5, 5.41) is 9.32. The minimum absolute atomic E-state index is 0.0554. The van der Waals surface area contributed by atoms with E-state index in [1.165, 1.54) is 0 Å². The second kappa shape index (κ2) is 14.7. The molecule has 3 heterocycles. The number of hydrogen-bond acceptors (Lipinski definition) is 6. The number of rotatable bonds is 10. The number of hydrogen-bond donors (Lipinski definition) is 3. The van der Waals surface area contributed by atoms with Gasteiger partial charge in [0.25, 0.3) is 0 Å². The Morgan fingerprint density at radius 3 is 2.48 bits per heavy atom. The van der Waals surface area contributed by atoms with Crippen LogP contribution in [0, 0.1) is 17.3 Å². The molecule has 3 aliphatic rings. The standard InChI is InChI=1S/C40H50N6O4/c1-6-40(15-18-45(19-16-40)38(49)25(2)3)39(50)46(23-29-11-8-7-10-28(29)22-41-5)24-34(47)43-30-14-13-27-20-32-26(4)31-12-9-17-42-36(31)44-37(48)35(32)33(27)21-30/h7-14,17,21,25-26,32,35,41H,6,15-16,18-20,22-24H2,1-5H3,(H,43,47)(H,42,44,48)/t26-,32-,35?/m1/s1. The number of fused-ring (bicyclic) bond motifs is 4. The first-order valence-electron chi connectivity index (χ1n) is 18.0. The van der Waals surface area contributed by atoms with Crippen LogP contribution in [0.2, 0.25) is 0 Å². The highest BCUT2D eigenvalue weighted by molar-refractivity contribution is 5.99. The Hall–Kier alpha value is -4.57. The molecule has 1 fully saturated rings. The molecule has 0 radical (unpaired) electrons. The van der Waals surface area contributed by atoms with Crippen LogP contribution in [-0.4, -0.2) is 65.1 Å². The van der Waals surface area contributed by atoms with Crippen LogP contribution in [0.4, 0.5) is 11.5 Å². The lowest BCUT2D eigenvalue weighted by molar-refractivity contribution is -0.151. The lowest BCUT2D eigenvalue weighted by Gasteiger charge is -2.43. The summed E-state index contributed by atoms with van der Waals surface area (Å²) in [6, 6.07) is 17.8. The van der Waals surface area contributed by atoms with Crippen molar-refractivity contribution in [1.82, 2.24) is 20.1 Å². The summed E-state index contributed by atoms with van der Waals surface area (Å²) in [6.07, 6.45) is 4.21. The Bertz CT molecular complexity index is 1760. The van der Waals surface area contributed by atoms with Crippen LogP contribution in [-0.2, 0) is 38.7 Å². The lowest BCUT2D eigenvalue weighted by Crippen LogP contribution is -2.52. The van der Waals surface area contributed by atoms with Crippen molar-refractivity contribution < 1.29 is 19.2 Å². The number of nitrogens with one attached hydrogen (secondary N) is 3. The molecule has 0 saturated carbocycles. The van der Waals surface area contributed by atoms with Crippen molar-refractivity contribution >= 4 is 35.1 Å². The summed E-state index contributed by atoms with van der Waals surface area (Å²) in [7, 11) is 1.89. The predicted octanol–water partition coefficient (Wildman–Crippen LogP) is 5.45. The molecular weight excluding hydrogens is 628 g/mol. The average molecular weight is 679 g/mol. The van der Waals surface area contributed by atoms with Crippen LogP contribution in [0.15, 0.2) is 60.8 Å². The molecule has 1 unspecified atom stereocenters. The number of anilines is 2. The number of benzene rings is 2. The fourth-order valence-electron chi connectivity index (χ4n) is 8.29. The lowest BCUT2D eigenvalue weighted by atomic mass is 9.74. The molecule has 0 bridgehead atoms. The predicted molar refractivity (Wildman–Crippen MR) is 194 cm³/mol. The zero-order chi connectivity index (χ0) is 35.6. The van der Waals surface area contributed by atoms with Gasteiger partial charge in [-0.05, 0) is 90.6 Å². The Labute approximate surface area is 295 Å². The van der Waals surface area contributed by atoms with Crippen LogP contribution in [0.1, 0.15) is 86.6 Å². The summed E-state index contributed by atoms with van der Waals surface area (Å²) in [4.78, 5) is 62.8. The van der Waals surface area contributed by atoms with Crippen LogP contribution < -0.4 is 16.0 Å². The molecular formula is C40H50N6O4. The molecule has 264 valence electrons. The van der Waals surface area contributed by atoms with Crippen molar-refractivity contribution in [2.75, 3.05) is 37.3 Å². The fraction of sp³-hybridized carbons (Fsp3) is 0.475. The minimum Gasteiger partial charge on any atom is -0.342 e. The van der Waals surface area contributed by atoms with E-state index in [0.717, 1.165) is 34.2 Å². The van der Waals surface area contributed by atoms with Gasteiger partial charge in [0, 0.05) is 44.0 Å². The van der Waals surface area contributed by atoms with Crippen molar-refractivity contribution in [1.29, 1.82) is 0 Å². The molecule has 10 heteroatoms. The number of amides is 4. The molecule has 3 aromatic rings. The first-order valence-corrected chi connectivity index (χ1v) is 18.0. The third-order valence-electron chi connectivity index (χ3n) is 11.3. The molecule has 3 N–H and O–H groups in total. The molecule has 1 saturated heterocycles. The summed E-state index contributed by atoms with van der Waals surface area (Å²) < 4.78 is 0. The third-order valence-corrected chi connectivity index (χ3v) is 11.3. The number of carbonyl (C=O) groups excluding carboxylic acids is 4. The zero-order valence-corrected chi connectivity index (χ0v) is 29.9. The number of nitrogens with zero attached hydrogens (tertiary/aromatic N) is 3. The number of carbonyl (C=O) groups is 4. The van der Waals surface area contributed by atoms with Gasteiger partial charge in [-0.3, -0.25) is 19.2 Å². The summed E-state index contributed by atoms with van der Waals surface area (Å²) in [5.74, 6) is 0.0515. The van der Waals surface area contributed by atoms with Gasteiger partial charge in [0.15, 0.2) is 0 Å². The summed E-state index contributed by atoms with van der Waals surface area (Å²) in [5.41, 5.74) is 5.06. The van der Waals surface area contributed by atoms with E-state index in [1.807, 2.05) is 87.3 Å². The van der Waals surface area contributed by atoms with Crippen molar-refractivity contribution in [3.8, 4) is 0 Å². The molecule has 50 heavy (non-hydrogen) atoms. The summed E-state index contributed by atoms with van der Waals surface area (Å²) >= 11 is 0. The molecule has 4 amide bonds. The largest absolute Gasteiger partial charge is 0.342 e. The van der Waals surface area contributed by atoms with Gasteiger partial charge in [-0.25, -0.2) is 4.98 Å². The number of aromatic nitrogens is 1. The molecule has 0 spiro atoms. The first kappa shape index (κ1) is 35.3. The fourth-order valence-corrected chi connectivity index (χ4v) is 8.29. The van der Waals surface area contributed by atoms with E-state index in [0.29, 0.717) is 56.9 Å². The normalized spacial score (nSPS) is 20.6. The highest BCUT2D eigenvalue weighted by atomic mass is 16.2. The van der Waals surface area contributed by atoms with Crippen molar-refractivity contribution in [3.05, 3.63) is 88.6 Å². The van der Waals surface area contributed by atoms with E-state index < -0.39 is 5.41 Å². The highest BCUT2D eigenvalue weighted by Gasteiger charge is 2.45. The topological polar surface area (TPSA) is 124 Å². The zero-order valence-electron chi connectivity index (χ0n) is 29.9. The van der Waals surface area contributed by atoms with Crippen LogP contribution in [0.25, 0.3) is 0 Å². The Morgan fingerprint density at radius 1 is 1.04 bits per heavy atom. The van der Waals surface area contributed by atoms with E-state index >= 15 is 0 Å². The Kier molecular flexibility index (Phi) is 10.4. The van der Waals surface area contributed by atoms with Gasteiger partial charge in [-0.1, -0.05) is 64.1 Å². The second-order valence-corrected chi connectivity index (χ2v) is 14.6. The van der Waals surface area contributed by atoms with Crippen molar-refractivity contribution in [3.63, 3.8) is 0 Å². The molecule has 2 aromatic carbocycles. The minimum atomic E-state index is -0.662. The first-order chi connectivity index (χ1) is 24.0. The number of pyridine rings is 1. The van der Waals surface area contributed by atoms with E-state index in [2.05, 4.69) is 27.9 Å². The van der Waals surface area contributed by atoms with Gasteiger partial charge >= 0.3 is 0 Å². The van der Waals surface area contributed by atoms with Crippen LogP contribution in [0.5, 0.6) is 0 Å². The second-order valence-electron chi connectivity index (χ2n) is 14.6. The monoisotopic (exact) mass is 678 g/mol. The van der Waals surface area contributed by atoms with Gasteiger partial charge in [0.2, 0.25) is 23.6 Å². The van der Waals surface area contributed by atoms with Crippen molar-refractivity contribution in [2.45, 2.75) is 78.3 Å². The molecule has 3 atom stereocenters. The van der Waals surface area contributed by atoms with Gasteiger partial charge in [-0.2, -0.15) is 0 Å². The van der Waals surface area contributed by atoms with Crippen molar-refractivity contribution in [2.24, 2.45) is 17.3 Å². The average Bonchev–Trinajstić information content (AvgIpc) is 3.46. The quantitative estimate of drug-likeness (QED) is 0.262. The maximum absolute atomic E-state index is 14.6. The maximum atomic E-state index is 14.6. The van der Waals surface area contributed by atoms with Crippen LogP contribution >= 0.6 is 0 Å². The van der Waals surface area contributed by atoms with Crippen LogP contribution in [0.3, 0.4) is 0 Å². The molecule has 10 nitrogen and oxygen atoms in total. The van der Waals surface area contributed by atoms with E-state index in [9.17, 15) is 19.2 Å².